The Kier molecular flexibility index (Phi) is 32.6. The average Bonchev–Trinajstić information content (AvgIpc) is 3.42. The Bertz CT molecular complexity index is 2370. The summed E-state index contributed by atoms with van der Waals surface area (Å²) in [7, 11) is 6.68. The van der Waals surface area contributed by atoms with Crippen LogP contribution in [0, 0.1) is 20.2 Å². The molecule has 2 heterocycles. The van der Waals surface area contributed by atoms with E-state index in [-0.39, 0.29) is 67.8 Å². The van der Waals surface area contributed by atoms with Crippen LogP contribution in [0.4, 0.5) is 11.4 Å². The predicted molar refractivity (Wildman–Crippen MR) is 295 cm³/mol. The van der Waals surface area contributed by atoms with Gasteiger partial charge in [-0.3, -0.25) is 49.2 Å². The molecule has 0 bridgehead atoms. The number of carboxylic acids is 1. The fourth-order valence-electron chi connectivity index (χ4n) is 7.78. The summed E-state index contributed by atoms with van der Waals surface area (Å²) in [6, 6.07) is 22.3. The molecule has 2 amide bonds. The Hall–Kier alpha value is -6.91. The van der Waals surface area contributed by atoms with Crippen molar-refractivity contribution in [1.82, 2.24) is 30.2 Å². The number of carbonyl (C=O) groups excluding carboxylic acids is 3. The van der Waals surface area contributed by atoms with E-state index in [0.717, 1.165) is 74.4 Å². The number of Topliss-reactive ketones (excluding diaryl/α,β-unsaturated/α-hetero) is 1. The van der Waals surface area contributed by atoms with E-state index in [0.29, 0.717) is 38.0 Å². The third kappa shape index (κ3) is 23.7. The van der Waals surface area contributed by atoms with Gasteiger partial charge in [0.05, 0.1) is 44.7 Å². The van der Waals surface area contributed by atoms with Gasteiger partial charge in [0.1, 0.15) is 23.0 Å². The third-order valence-electron chi connectivity index (χ3n) is 12.2. The molecule has 2 saturated heterocycles. The molecule has 0 saturated carbocycles. The fraction of sp³-hybridized carbons (Fsp3) is 0.481. The maximum absolute atomic E-state index is 12.6. The van der Waals surface area contributed by atoms with Crippen molar-refractivity contribution in [3.8, 4) is 23.0 Å². The zero-order chi connectivity index (χ0) is 54.4. The number of hydrogen-bond donors (Lipinski definition) is 3. The van der Waals surface area contributed by atoms with Crippen LogP contribution in [0.3, 0.4) is 0 Å². The summed E-state index contributed by atoms with van der Waals surface area (Å²) in [6.07, 6.45) is 0.830. The molecule has 4 aromatic carbocycles. The van der Waals surface area contributed by atoms with Crippen molar-refractivity contribution in [3.05, 3.63) is 127 Å². The average molecular weight is 1080 g/mol. The largest absolute Gasteiger partial charge is 0.497 e. The maximum atomic E-state index is 12.6. The highest BCUT2D eigenvalue weighted by Gasteiger charge is 2.23. The zero-order valence-corrected chi connectivity index (χ0v) is 45.1. The molecule has 2 aliphatic heterocycles. The number of aliphatic carboxylic acids is 1. The molecule has 6 rings (SSSR count). The van der Waals surface area contributed by atoms with Crippen molar-refractivity contribution in [1.29, 1.82) is 0 Å². The van der Waals surface area contributed by atoms with Crippen LogP contribution in [-0.4, -0.2) is 165 Å². The molecule has 0 aromatic heterocycles. The number of hydrogen-bond acceptors (Lipinski definition) is 16. The smallest absolute Gasteiger partial charge is 0.305 e. The van der Waals surface area contributed by atoms with Gasteiger partial charge in [-0.1, -0.05) is 28.2 Å². The minimum Gasteiger partial charge on any atom is -0.497 e. The lowest BCUT2D eigenvalue weighted by Crippen LogP contribution is -2.48. The van der Waals surface area contributed by atoms with E-state index in [4.69, 9.17) is 24.1 Å². The summed E-state index contributed by atoms with van der Waals surface area (Å²) in [6.45, 7) is 18.9. The molecule has 21 nitrogen and oxygen atoms in total. The number of methoxy groups -OCH3 is 4. The summed E-state index contributed by atoms with van der Waals surface area (Å²) in [5.74, 6) is 1.88. The predicted octanol–water partition coefficient (Wildman–Crippen LogP) is 7.62. The van der Waals surface area contributed by atoms with Crippen molar-refractivity contribution in [2.75, 3.05) is 107 Å². The number of nitrogens with one attached hydrogen (secondary N) is 2. The SMILES string of the molecule is C.CCN(CC)CC.COc1ccc(OC)c(CN2CCN(C(=O)CCCC(=O)c3ccc([N+](=O)[O-])cc3)CC2)c1.COc1ccc(OC)c(CN2CCNCC2)c1.Cl.O=C(O)CCNC(=O)c1ccc([N+](=O)[O-])cc1. The van der Waals surface area contributed by atoms with Gasteiger partial charge in [-0.2, -0.15) is 0 Å². The monoisotopic (exact) mass is 1080 g/mol. The van der Waals surface area contributed by atoms with Crippen molar-refractivity contribution < 1.29 is 53.1 Å². The molecular weight excluding hydrogens is 1000 g/mol. The van der Waals surface area contributed by atoms with Gasteiger partial charge in [-0.05, 0) is 86.7 Å². The van der Waals surface area contributed by atoms with Crippen LogP contribution in [-0.2, 0) is 22.7 Å². The summed E-state index contributed by atoms with van der Waals surface area (Å²) < 4.78 is 21.4. The van der Waals surface area contributed by atoms with E-state index in [1.54, 1.807) is 28.4 Å². The first kappa shape index (κ1) is 67.1. The number of nitro groups is 2. The molecular formula is C54H79ClN8O13. The lowest BCUT2D eigenvalue weighted by atomic mass is 10.0. The fourth-order valence-corrected chi connectivity index (χ4v) is 7.78. The maximum Gasteiger partial charge on any atom is 0.305 e. The molecule has 0 atom stereocenters. The molecule has 22 heteroatoms. The van der Waals surface area contributed by atoms with Crippen LogP contribution in [0.25, 0.3) is 0 Å². The number of rotatable bonds is 22. The highest BCUT2D eigenvalue weighted by atomic mass is 35.5. The molecule has 0 aliphatic carbocycles. The second-order valence-corrected chi connectivity index (χ2v) is 16.9. The van der Waals surface area contributed by atoms with Gasteiger partial charge in [0.2, 0.25) is 5.91 Å². The summed E-state index contributed by atoms with van der Waals surface area (Å²) >= 11 is 0. The van der Waals surface area contributed by atoms with Gasteiger partial charge >= 0.3 is 5.97 Å². The van der Waals surface area contributed by atoms with Crippen molar-refractivity contribution in [2.24, 2.45) is 0 Å². The Morgan fingerprint density at radius 3 is 1.47 bits per heavy atom. The first-order valence-corrected chi connectivity index (χ1v) is 24.7. The van der Waals surface area contributed by atoms with Crippen LogP contribution >= 0.6 is 12.4 Å². The number of carbonyl (C=O) groups is 4. The van der Waals surface area contributed by atoms with Crippen molar-refractivity contribution >= 4 is 47.3 Å². The molecule has 0 unspecified atom stereocenters. The second kappa shape index (κ2) is 36.9. The summed E-state index contributed by atoms with van der Waals surface area (Å²) in [4.78, 5) is 75.4. The first-order valence-electron chi connectivity index (χ1n) is 24.7. The molecule has 0 radical (unpaired) electrons. The molecule has 76 heavy (non-hydrogen) atoms. The van der Waals surface area contributed by atoms with E-state index in [1.165, 1.54) is 73.7 Å². The number of halogens is 1. The topological polar surface area (TPSA) is 249 Å². The zero-order valence-electron chi connectivity index (χ0n) is 44.2. The van der Waals surface area contributed by atoms with Crippen LogP contribution in [0.2, 0.25) is 0 Å². The van der Waals surface area contributed by atoms with Crippen molar-refractivity contribution in [2.45, 2.75) is 67.0 Å². The van der Waals surface area contributed by atoms with Gasteiger partial charge in [0.25, 0.3) is 17.3 Å². The van der Waals surface area contributed by atoms with Crippen LogP contribution in [0.15, 0.2) is 84.9 Å². The van der Waals surface area contributed by atoms with E-state index >= 15 is 0 Å². The first-order chi connectivity index (χ1) is 35.6. The Balaban J connectivity index is 0.000000568. The number of ether oxygens (including phenoxy) is 4. The van der Waals surface area contributed by atoms with E-state index < -0.39 is 21.7 Å². The molecule has 2 fully saturated rings. The number of piperazine rings is 2. The van der Waals surface area contributed by atoms with Gasteiger partial charge in [-0.25, -0.2) is 0 Å². The van der Waals surface area contributed by atoms with Gasteiger partial charge in [-0.15, -0.1) is 12.4 Å². The second-order valence-electron chi connectivity index (χ2n) is 16.9. The number of non-ortho nitro benzene ring substituents is 2. The lowest BCUT2D eigenvalue weighted by molar-refractivity contribution is -0.385. The molecule has 3 N–H and O–H groups in total. The van der Waals surface area contributed by atoms with E-state index in [1.807, 2.05) is 35.2 Å². The molecule has 2 aliphatic rings. The number of carboxylic acid groups (broad SMARTS) is 1. The Labute approximate surface area is 453 Å². The summed E-state index contributed by atoms with van der Waals surface area (Å²) in [5.41, 5.74) is 2.75. The molecule has 420 valence electrons. The van der Waals surface area contributed by atoms with E-state index in [9.17, 15) is 39.4 Å². The number of amides is 2. The Morgan fingerprint density at radius 1 is 0.632 bits per heavy atom. The van der Waals surface area contributed by atoms with Crippen LogP contribution < -0.4 is 29.6 Å². The third-order valence-corrected chi connectivity index (χ3v) is 12.2. The highest BCUT2D eigenvalue weighted by molar-refractivity contribution is 5.96. The van der Waals surface area contributed by atoms with Gasteiger partial charge in [0.15, 0.2) is 5.78 Å². The van der Waals surface area contributed by atoms with Crippen LogP contribution in [0.5, 0.6) is 23.0 Å². The number of nitrogens with zero attached hydrogens (tertiary/aromatic N) is 6. The molecule has 0 spiro atoms. The van der Waals surface area contributed by atoms with Gasteiger partial charge < -0.3 is 44.5 Å². The van der Waals surface area contributed by atoms with E-state index in [2.05, 4.69) is 52.2 Å². The van der Waals surface area contributed by atoms with Gasteiger partial charge in [0, 0.05) is 131 Å². The minimum atomic E-state index is -1.01. The highest BCUT2D eigenvalue weighted by Crippen LogP contribution is 2.27. The number of benzene rings is 4. The quantitative estimate of drug-likeness (QED) is 0.0389. The molecule has 4 aromatic rings. The van der Waals surface area contributed by atoms with Crippen molar-refractivity contribution in [3.63, 3.8) is 0 Å². The number of ketones is 1. The summed E-state index contributed by atoms with van der Waals surface area (Å²) in [5, 5.41) is 35.2. The minimum absolute atomic E-state index is 0. The normalized spacial score (nSPS) is 13.0. The van der Waals surface area contributed by atoms with Crippen LogP contribution in [0.1, 0.15) is 85.7 Å². The number of nitro benzene ring substituents is 2. The lowest BCUT2D eigenvalue weighted by Gasteiger charge is -2.35. The standard InChI is InChI=1S/C24H29N3O6.C13H20N2O2.C10H10N2O5.C6H15N.CH4.ClH/c1-32-21-10-11-23(33-2)19(16-21)17-25-12-14-26(15-13-25)24(29)5-3-4-22(28)18-6-8-20(9-7-18)27(30)31;1-16-12-3-4-13(17-2)11(9-12)10-15-7-5-14-6-8-15;13-9(14)5-6-11-10(15)7-1-3-8(4-2-7)12(16)17;1-4-7(5-2)6-3;;/h6-11,16H,3-5,12-15,17H2,1-2H3;3-4,9,14H,5-8,10H2,1-2H3;1-4H,5-6H2,(H,11,15)(H,13,14);4-6H2,1-3H3;1H4;1H. The Morgan fingerprint density at radius 2 is 1.08 bits per heavy atom.